The van der Waals surface area contributed by atoms with Crippen molar-refractivity contribution < 1.29 is 17.8 Å². The quantitative estimate of drug-likeness (QED) is 0.231. The first-order valence-electron chi connectivity index (χ1n) is 7.66. The van der Waals surface area contributed by atoms with Crippen LogP contribution in [-0.2, 0) is 10.1 Å². The lowest BCUT2D eigenvalue weighted by Crippen LogP contribution is -2.30. The lowest BCUT2D eigenvalue weighted by Gasteiger charge is -2.05. The Kier molecular flexibility index (Phi) is 6.78. The number of anilines is 1. The van der Waals surface area contributed by atoms with Gasteiger partial charge in [0, 0.05) is 24.8 Å². The molecule has 4 N–H and O–H groups in total. The van der Waals surface area contributed by atoms with E-state index in [4.69, 9.17) is 0 Å². The minimum Gasteiger partial charge on any atom is -0.351 e. The maximum absolute atomic E-state index is 11.9. The van der Waals surface area contributed by atoms with Crippen molar-refractivity contribution in [3.05, 3.63) is 53.7 Å². The highest BCUT2D eigenvalue weighted by Crippen LogP contribution is 2.13. The molecule has 0 saturated heterocycles. The van der Waals surface area contributed by atoms with Crippen molar-refractivity contribution in [1.29, 1.82) is 0 Å². The zero-order valence-electron chi connectivity index (χ0n) is 14.0. The smallest absolute Gasteiger partial charge is 0.295 e. The van der Waals surface area contributed by atoms with Gasteiger partial charge in [-0.1, -0.05) is 18.2 Å². The molecule has 26 heavy (non-hydrogen) atoms. The Labute approximate surface area is 151 Å². The summed E-state index contributed by atoms with van der Waals surface area (Å²) in [4.78, 5) is 15.7. The number of hydrogen-bond donors (Lipinski definition) is 4. The number of carbonyl (C=O) groups excluding carboxylic acids is 1. The number of pyridine rings is 1. The molecule has 0 bridgehead atoms. The predicted molar refractivity (Wildman–Crippen MR) is 98.0 cm³/mol. The highest BCUT2D eigenvalue weighted by atomic mass is 32.2. The molecule has 10 heteroatoms. The number of likely N-dealkylation sites (N-methyl/N-ethyl adjacent to an activating group) is 1. The molecule has 1 aromatic heterocycles. The molecule has 1 amide bonds. The molecule has 0 aliphatic heterocycles. The average Bonchev–Trinajstić information content (AvgIpc) is 2.62. The van der Waals surface area contributed by atoms with Gasteiger partial charge in [-0.25, -0.2) is 4.98 Å². The minimum atomic E-state index is -4.34. The number of nitrogens with one attached hydrogen (secondary N) is 3. The molecule has 0 aliphatic rings. The molecular formula is C16H19N5O4S. The number of nitrogens with zero attached hydrogens (tertiary/aromatic N) is 2. The molecule has 0 atom stereocenters. The van der Waals surface area contributed by atoms with Gasteiger partial charge in [-0.05, 0) is 25.2 Å². The maximum atomic E-state index is 11.9. The Hall–Kier alpha value is -2.82. The van der Waals surface area contributed by atoms with E-state index in [1.165, 1.54) is 30.6 Å². The average molecular weight is 377 g/mol. The molecule has 1 heterocycles. The number of hydrogen-bond acceptors (Lipinski definition) is 7. The van der Waals surface area contributed by atoms with Gasteiger partial charge >= 0.3 is 0 Å². The topological polar surface area (TPSA) is 133 Å². The van der Waals surface area contributed by atoms with Crippen molar-refractivity contribution in [2.24, 2.45) is 5.10 Å². The van der Waals surface area contributed by atoms with Crippen LogP contribution in [0.15, 0.2) is 52.6 Å². The highest BCUT2D eigenvalue weighted by Gasteiger charge is 2.13. The SMILES string of the molecule is CNCCNC(=O)c1ccc(N/N=C\c2ccccc2S(=O)(=O)O)nc1. The summed E-state index contributed by atoms with van der Waals surface area (Å²) in [5.41, 5.74) is 3.27. The van der Waals surface area contributed by atoms with Crippen LogP contribution in [0.25, 0.3) is 0 Å². The Morgan fingerprint density at radius 1 is 1.23 bits per heavy atom. The van der Waals surface area contributed by atoms with Crippen LogP contribution < -0.4 is 16.1 Å². The lowest BCUT2D eigenvalue weighted by molar-refractivity contribution is 0.0954. The summed E-state index contributed by atoms with van der Waals surface area (Å²) in [7, 11) is -2.54. The number of rotatable bonds is 8. The van der Waals surface area contributed by atoms with E-state index in [0.29, 0.717) is 24.5 Å². The molecule has 0 spiro atoms. The van der Waals surface area contributed by atoms with Gasteiger partial charge in [0.1, 0.15) is 10.7 Å². The van der Waals surface area contributed by atoms with Crippen molar-refractivity contribution in [1.82, 2.24) is 15.6 Å². The molecule has 0 radical (unpaired) electrons. The van der Waals surface area contributed by atoms with E-state index in [1.54, 1.807) is 25.2 Å². The first-order valence-corrected chi connectivity index (χ1v) is 9.10. The fourth-order valence-corrected chi connectivity index (χ4v) is 2.66. The first-order chi connectivity index (χ1) is 12.4. The van der Waals surface area contributed by atoms with Gasteiger partial charge in [-0.2, -0.15) is 13.5 Å². The van der Waals surface area contributed by atoms with Crippen LogP contribution in [0.1, 0.15) is 15.9 Å². The zero-order chi connectivity index (χ0) is 19.0. The lowest BCUT2D eigenvalue weighted by atomic mass is 10.2. The van der Waals surface area contributed by atoms with Gasteiger partial charge in [0.15, 0.2) is 0 Å². The molecule has 0 unspecified atom stereocenters. The monoisotopic (exact) mass is 377 g/mol. The van der Waals surface area contributed by atoms with Crippen molar-refractivity contribution in [3.63, 3.8) is 0 Å². The van der Waals surface area contributed by atoms with E-state index in [0.717, 1.165) is 0 Å². The van der Waals surface area contributed by atoms with Crippen LogP contribution in [0.4, 0.5) is 5.82 Å². The summed E-state index contributed by atoms with van der Waals surface area (Å²) < 4.78 is 31.8. The van der Waals surface area contributed by atoms with E-state index in [1.807, 2.05) is 0 Å². The Balaban J connectivity index is 2.00. The van der Waals surface area contributed by atoms with Crippen molar-refractivity contribution in [2.75, 3.05) is 25.6 Å². The third kappa shape index (κ3) is 5.62. The molecule has 2 aromatic rings. The normalized spacial score (nSPS) is 11.5. The maximum Gasteiger partial charge on any atom is 0.295 e. The van der Waals surface area contributed by atoms with Crippen LogP contribution in [0.5, 0.6) is 0 Å². The van der Waals surface area contributed by atoms with Crippen molar-refractivity contribution in [2.45, 2.75) is 4.90 Å². The van der Waals surface area contributed by atoms with Gasteiger partial charge in [0.2, 0.25) is 0 Å². The summed E-state index contributed by atoms with van der Waals surface area (Å²) in [6.07, 6.45) is 2.65. The second-order valence-corrected chi connectivity index (χ2v) is 6.56. The van der Waals surface area contributed by atoms with E-state index in [-0.39, 0.29) is 16.4 Å². The van der Waals surface area contributed by atoms with Gasteiger partial charge in [-0.15, -0.1) is 0 Å². The second kappa shape index (κ2) is 9.04. The van der Waals surface area contributed by atoms with Crippen LogP contribution in [0.2, 0.25) is 0 Å². The Bertz CT molecular complexity index is 882. The third-order valence-corrected chi connectivity index (χ3v) is 4.19. The van der Waals surface area contributed by atoms with E-state index >= 15 is 0 Å². The predicted octanol–water partition coefficient (Wildman–Crippen LogP) is 0.723. The van der Waals surface area contributed by atoms with Gasteiger partial charge in [-0.3, -0.25) is 14.8 Å². The summed E-state index contributed by atoms with van der Waals surface area (Å²) in [6.45, 7) is 1.17. The van der Waals surface area contributed by atoms with Gasteiger partial charge < -0.3 is 10.6 Å². The molecule has 138 valence electrons. The molecular weight excluding hydrogens is 358 g/mol. The second-order valence-electron chi connectivity index (χ2n) is 5.17. The van der Waals surface area contributed by atoms with Gasteiger partial charge in [0.25, 0.3) is 16.0 Å². The summed E-state index contributed by atoms with van der Waals surface area (Å²) in [6, 6.07) is 9.05. The molecule has 1 aromatic carbocycles. The summed E-state index contributed by atoms with van der Waals surface area (Å²) >= 11 is 0. The van der Waals surface area contributed by atoms with E-state index in [2.05, 4.69) is 26.1 Å². The van der Waals surface area contributed by atoms with Crippen molar-refractivity contribution in [3.8, 4) is 0 Å². The number of aromatic nitrogens is 1. The van der Waals surface area contributed by atoms with Crippen LogP contribution in [0.3, 0.4) is 0 Å². The third-order valence-electron chi connectivity index (χ3n) is 3.27. The Morgan fingerprint density at radius 2 is 2.00 bits per heavy atom. The number of hydrazone groups is 1. The van der Waals surface area contributed by atoms with E-state index in [9.17, 15) is 17.8 Å². The molecule has 0 aliphatic carbocycles. The number of benzene rings is 1. The highest BCUT2D eigenvalue weighted by molar-refractivity contribution is 7.86. The Morgan fingerprint density at radius 3 is 2.65 bits per heavy atom. The molecule has 9 nitrogen and oxygen atoms in total. The van der Waals surface area contributed by atoms with Crippen LogP contribution >= 0.6 is 0 Å². The van der Waals surface area contributed by atoms with Gasteiger partial charge in [0.05, 0.1) is 11.8 Å². The van der Waals surface area contributed by atoms with Crippen molar-refractivity contribution >= 4 is 28.1 Å². The number of carbonyl (C=O) groups is 1. The summed E-state index contributed by atoms with van der Waals surface area (Å²) in [5.74, 6) is 0.141. The fourth-order valence-electron chi connectivity index (χ4n) is 1.99. The minimum absolute atomic E-state index is 0.225. The van der Waals surface area contributed by atoms with Crippen LogP contribution in [-0.4, -0.2) is 50.2 Å². The molecule has 0 fully saturated rings. The molecule has 2 rings (SSSR count). The fraction of sp³-hybridized carbons (Fsp3) is 0.188. The first kappa shape index (κ1) is 19.5. The van der Waals surface area contributed by atoms with E-state index < -0.39 is 10.1 Å². The molecule has 0 saturated carbocycles. The largest absolute Gasteiger partial charge is 0.351 e. The number of amides is 1. The van der Waals surface area contributed by atoms with Crippen LogP contribution in [0, 0.1) is 0 Å². The summed E-state index contributed by atoms with van der Waals surface area (Å²) in [5, 5.41) is 9.56. The standard InChI is InChI=1S/C16H19N5O4S/c1-17-8-9-18-16(22)13-6-7-15(19-10-13)21-20-11-12-4-2-3-5-14(12)26(23,24)25/h2-7,10-11,17H,8-9H2,1H3,(H,18,22)(H,19,21)(H,23,24,25)/b20-11-. The zero-order valence-corrected chi connectivity index (χ0v) is 14.8.